The fourth-order valence-electron chi connectivity index (χ4n) is 2.33. The monoisotopic (exact) mass is 383 g/mol. The second-order valence-electron chi connectivity index (χ2n) is 5.38. The number of anilines is 1. The predicted molar refractivity (Wildman–Crippen MR) is 101 cm³/mol. The Hall–Kier alpha value is -4.06. The molecule has 0 aliphatic carbocycles. The van der Waals surface area contributed by atoms with Crippen LogP contribution in [0.2, 0.25) is 0 Å². The van der Waals surface area contributed by atoms with E-state index in [1.54, 1.807) is 12.1 Å². The molecular weight excluding hydrogens is 366 g/mol. The Morgan fingerprint density at radius 2 is 1.64 bits per heavy atom. The van der Waals surface area contributed by atoms with E-state index in [1.807, 2.05) is 6.07 Å². The molecule has 2 aromatic rings. The minimum Gasteiger partial charge on any atom is -0.496 e. The Bertz CT molecular complexity index is 961. The van der Waals surface area contributed by atoms with Crippen molar-refractivity contribution in [1.82, 2.24) is 0 Å². The van der Waals surface area contributed by atoms with Crippen LogP contribution in [0.5, 0.6) is 17.2 Å². The van der Waals surface area contributed by atoms with Gasteiger partial charge >= 0.3 is 0 Å². The van der Waals surface area contributed by atoms with Crippen molar-refractivity contribution >= 4 is 23.4 Å². The number of amides is 1. The van der Waals surface area contributed by atoms with Gasteiger partial charge in [0, 0.05) is 29.4 Å². The van der Waals surface area contributed by atoms with Crippen LogP contribution in [0.15, 0.2) is 42.0 Å². The molecule has 144 valence electrons. The summed E-state index contributed by atoms with van der Waals surface area (Å²) in [6, 6.07) is 10.2. The third kappa shape index (κ3) is 4.56. The topological polar surface area (TPSA) is 124 Å². The molecule has 0 radical (unpaired) electrons. The highest BCUT2D eigenvalue weighted by molar-refractivity contribution is 6.09. The molecule has 2 rings (SSSR count). The number of hydrogen-bond acceptors (Lipinski definition) is 7. The zero-order chi connectivity index (χ0) is 20.7. The summed E-state index contributed by atoms with van der Waals surface area (Å²) in [5, 5.41) is 22.6. The van der Waals surface area contributed by atoms with Gasteiger partial charge in [0.25, 0.3) is 11.6 Å². The Morgan fingerprint density at radius 1 is 1.07 bits per heavy atom. The van der Waals surface area contributed by atoms with E-state index < -0.39 is 10.8 Å². The van der Waals surface area contributed by atoms with Crippen molar-refractivity contribution in [2.75, 3.05) is 26.6 Å². The molecule has 0 spiro atoms. The number of benzene rings is 2. The zero-order valence-corrected chi connectivity index (χ0v) is 15.4. The van der Waals surface area contributed by atoms with Gasteiger partial charge in [0.15, 0.2) is 11.5 Å². The Labute approximate surface area is 160 Å². The van der Waals surface area contributed by atoms with Gasteiger partial charge in [-0.2, -0.15) is 5.26 Å². The van der Waals surface area contributed by atoms with Crippen LogP contribution in [0.4, 0.5) is 11.4 Å². The quantitative estimate of drug-likeness (QED) is 0.337. The van der Waals surface area contributed by atoms with Crippen LogP contribution in [0.1, 0.15) is 5.56 Å². The first-order chi connectivity index (χ1) is 13.4. The van der Waals surface area contributed by atoms with Crippen LogP contribution < -0.4 is 19.5 Å². The summed E-state index contributed by atoms with van der Waals surface area (Å²) in [5.74, 6) is 0.551. The van der Waals surface area contributed by atoms with Gasteiger partial charge in [-0.05, 0) is 24.3 Å². The number of rotatable bonds is 7. The third-order valence-corrected chi connectivity index (χ3v) is 3.74. The van der Waals surface area contributed by atoms with Crippen molar-refractivity contribution in [2.45, 2.75) is 0 Å². The van der Waals surface area contributed by atoms with E-state index >= 15 is 0 Å². The molecule has 0 saturated heterocycles. The summed E-state index contributed by atoms with van der Waals surface area (Å²) in [4.78, 5) is 22.6. The molecule has 0 aromatic heterocycles. The van der Waals surface area contributed by atoms with Gasteiger partial charge < -0.3 is 19.5 Å². The highest BCUT2D eigenvalue weighted by atomic mass is 16.6. The van der Waals surface area contributed by atoms with Crippen LogP contribution in [0.3, 0.4) is 0 Å². The van der Waals surface area contributed by atoms with Crippen LogP contribution in [0, 0.1) is 21.4 Å². The maximum absolute atomic E-state index is 12.4. The van der Waals surface area contributed by atoms with Gasteiger partial charge in [0.05, 0.1) is 26.3 Å². The predicted octanol–water partition coefficient (Wildman–Crippen LogP) is 3.17. The van der Waals surface area contributed by atoms with E-state index in [1.165, 1.54) is 51.7 Å². The van der Waals surface area contributed by atoms with E-state index in [4.69, 9.17) is 14.2 Å². The number of carbonyl (C=O) groups excluding carboxylic acids is 1. The molecular formula is C19H17N3O6. The standard InChI is InChI=1S/C19H17N3O6/c1-26-16-10-18(28-3)17(27-2)9-12(16)8-13(11-20)19(23)21-14-4-6-15(7-5-14)22(24)25/h4-10H,1-3H3,(H,21,23). The number of nitro benzene ring substituents is 1. The lowest BCUT2D eigenvalue weighted by atomic mass is 10.1. The van der Waals surface area contributed by atoms with Crippen molar-refractivity contribution in [3.63, 3.8) is 0 Å². The molecule has 0 aliphatic heterocycles. The molecule has 0 unspecified atom stereocenters. The molecule has 0 bridgehead atoms. The number of nitriles is 1. The van der Waals surface area contributed by atoms with Crippen molar-refractivity contribution in [2.24, 2.45) is 0 Å². The number of nitrogens with one attached hydrogen (secondary N) is 1. The number of nitrogens with zero attached hydrogens (tertiary/aromatic N) is 2. The Kier molecular flexibility index (Phi) is 6.54. The number of non-ortho nitro benzene ring substituents is 1. The summed E-state index contributed by atoms with van der Waals surface area (Å²) in [7, 11) is 4.39. The smallest absolute Gasteiger partial charge is 0.269 e. The number of methoxy groups -OCH3 is 3. The normalized spacial score (nSPS) is 10.6. The molecule has 1 N–H and O–H groups in total. The van der Waals surface area contributed by atoms with E-state index in [0.717, 1.165) is 0 Å². The van der Waals surface area contributed by atoms with Crippen LogP contribution >= 0.6 is 0 Å². The lowest BCUT2D eigenvalue weighted by Gasteiger charge is -2.12. The lowest BCUT2D eigenvalue weighted by Crippen LogP contribution is -2.13. The van der Waals surface area contributed by atoms with Crippen molar-refractivity contribution in [1.29, 1.82) is 5.26 Å². The van der Waals surface area contributed by atoms with E-state index in [9.17, 15) is 20.2 Å². The van der Waals surface area contributed by atoms with E-state index in [2.05, 4.69) is 5.32 Å². The highest BCUT2D eigenvalue weighted by Crippen LogP contribution is 2.35. The molecule has 2 aromatic carbocycles. The molecule has 0 saturated carbocycles. The van der Waals surface area contributed by atoms with Crippen LogP contribution in [-0.4, -0.2) is 32.2 Å². The maximum Gasteiger partial charge on any atom is 0.269 e. The first-order valence-electron chi connectivity index (χ1n) is 7.91. The van der Waals surface area contributed by atoms with E-state index in [-0.39, 0.29) is 11.3 Å². The first-order valence-corrected chi connectivity index (χ1v) is 7.91. The molecule has 9 nitrogen and oxygen atoms in total. The SMILES string of the molecule is COc1cc(OC)c(OC)cc1C=C(C#N)C(=O)Nc1ccc([N+](=O)[O-])cc1. The summed E-state index contributed by atoms with van der Waals surface area (Å²) < 4.78 is 15.7. The Morgan fingerprint density at radius 3 is 2.14 bits per heavy atom. The molecule has 9 heteroatoms. The minimum absolute atomic E-state index is 0.107. The van der Waals surface area contributed by atoms with Crippen LogP contribution in [0.25, 0.3) is 6.08 Å². The number of hydrogen-bond donors (Lipinski definition) is 1. The maximum atomic E-state index is 12.4. The third-order valence-electron chi connectivity index (χ3n) is 3.74. The molecule has 0 atom stereocenters. The average Bonchev–Trinajstić information content (AvgIpc) is 2.71. The van der Waals surface area contributed by atoms with Crippen molar-refractivity contribution in [3.05, 3.63) is 57.6 Å². The molecule has 1 amide bonds. The second-order valence-corrected chi connectivity index (χ2v) is 5.38. The van der Waals surface area contributed by atoms with Gasteiger partial charge in [-0.25, -0.2) is 0 Å². The summed E-state index contributed by atoms with van der Waals surface area (Å²) in [6.07, 6.45) is 1.35. The average molecular weight is 383 g/mol. The number of nitro groups is 1. The number of carbonyl (C=O) groups is 1. The highest BCUT2D eigenvalue weighted by Gasteiger charge is 2.15. The fraction of sp³-hybridized carbons (Fsp3) is 0.158. The van der Waals surface area contributed by atoms with Gasteiger partial charge in [0.1, 0.15) is 17.4 Å². The lowest BCUT2D eigenvalue weighted by molar-refractivity contribution is -0.384. The molecule has 28 heavy (non-hydrogen) atoms. The van der Waals surface area contributed by atoms with Gasteiger partial charge in [-0.15, -0.1) is 0 Å². The van der Waals surface area contributed by atoms with Gasteiger partial charge in [-0.1, -0.05) is 0 Å². The van der Waals surface area contributed by atoms with E-state index in [0.29, 0.717) is 28.5 Å². The van der Waals surface area contributed by atoms with Crippen molar-refractivity contribution < 1.29 is 23.9 Å². The zero-order valence-electron chi connectivity index (χ0n) is 15.4. The molecule has 0 heterocycles. The summed E-state index contributed by atoms with van der Waals surface area (Å²) >= 11 is 0. The molecule has 0 aliphatic rings. The number of ether oxygens (including phenoxy) is 3. The second kappa shape index (κ2) is 9.05. The largest absolute Gasteiger partial charge is 0.496 e. The Balaban J connectivity index is 2.33. The fourth-order valence-corrected chi connectivity index (χ4v) is 2.33. The summed E-state index contributed by atoms with van der Waals surface area (Å²) in [6.45, 7) is 0. The minimum atomic E-state index is -0.673. The molecule has 0 fully saturated rings. The summed E-state index contributed by atoms with van der Waals surface area (Å²) in [5.41, 5.74) is 0.458. The first kappa shape index (κ1) is 20.3. The van der Waals surface area contributed by atoms with Crippen LogP contribution in [-0.2, 0) is 4.79 Å². The van der Waals surface area contributed by atoms with Crippen molar-refractivity contribution in [3.8, 4) is 23.3 Å². The van der Waals surface area contributed by atoms with Gasteiger partial charge in [-0.3, -0.25) is 14.9 Å². The van der Waals surface area contributed by atoms with Gasteiger partial charge in [0.2, 0.25) is 0 Å².